The maximum atomic E-state index is 12.5. The third-order valence-corrected chi connectivity index (χ3v) is 3.19. The molecular weight excluding hydrogens is 250 g/mol. The molecule has 0 unspecified atom stereocenters. The summed E-state index contributed by atoms with van der Waals surface area (Å²) in [5.74, 6) is 0.351. The number of aromatic nitrogens is 1. The third kappa shape index (κ3) is 1.82. The molecule has 2 N–H and O–H groups in total. The number of benzene rings is 2. The van der Waals surface area contributed by atoms with Crippen LogP contribution in [-0.4, -0.2) is 4.57 Å². The van der Waals surface area contributed by atoms with Crippen molar-refractivity contribution in [3.63, 3.8) is 0 Å². The number of pyridine rings is 1. The Labute approximate surface area is 115 Å². The lowest BCUT2D eigenvalue weighted by Gasteiger charge is -2.11. The number of rotatable bonds is 1. The zero-order valence-corrected chi connectivity index (χ0v) is 10.6. The van der Waals surface area contributed by atoms with Gasteiger partial charge >= 0.3 is 0 Å². The molecule has 0 aliphatic heterocycles. The SMILES string of the molecule is N#Cc1cccc(-n2c(N)cc3ccccc3c2=O)c1. The molecule has 3 aromatic rings. The lowest BCUT2D eigenvalue weighted by Crippen LogP contribution is -2.21. The van der Waals surface area contributed by atoms with Gasteiger partial charge in [0, 0.05) is 5.39 Å². The van der Waals surface area contributed by atoms with Gasteiger partial charge in [-0.05, 0) is 35.7 Å². The fraction of sp³-hybridized carbons (Fsp3) is 0. The molecule has 0 saturated heterocycles. The molecule has 20 heavy (non-hydrogen) atoms. The second-order valence-electron chi connectivity index (χ2n) is 4.46. The van der Waals surface area contributed by atoms with E-state index in [0.29, 0.717) is 22.5 Å². The van der Waals surface area contributed by atoms with Crippen molar-refractivity contribution in [2.45, 2.75) is 0 Å². The summed E-state index contributed by atoms with van der Waals surface area (Å²) in [5.41, 5.74) is 6.89. The summed E-state index contributed by atoms with van der Waals surface area (Å²) in [6.45, 7) is 0. The number of hydrogen-bond donors (Lipinski definition) is 1. The first kappa shape index (κ1) is 12.0. The Morgan fingerprint density at radius 2 is 1.85 bits per heavy atom. The van der Waals surface area contributed by atoms with E-state index in [9.17, 15) is 4.79 Å². The predicted octanol–water partition coefficient (Wildman–Crippen LogP) is 2.44. The van der Waals surface area contributed by atoms with E-state index in [-0.39, 0.29) is 5.56 Å². The lowest BCUT2D eigenvalue weighted by atomic mass is 10.1. The Hall–Kier alpha value is -3.06. The molecule has 1 aromatic heterocycles. The topological polar surface area (TPSA) is 71.8 Å². The summed E-state index contributed by atoms with van der Waals surface area (Å²) >= 11 is 0. The monoisotopic (exact) mass is 261 g/mol. The van der Waals surface area contributed by atoms with Crippen molar-refractivity contribution >= 4 is 16.6 Å². The molecule has 0 fully saturated rings. The fourth-order valence-electron chi connectivity index (χ4n) is 2.26. The van der Waals surface area contributed by atoms with E-state index in [1.165, 1.54) is 4.57 Å². The molecule has 3 rings (SSSR count). The van der Waals surface area contributed by atoms with Crippen molar-refractivity contribution in [3.8, 4) is 11.8 Å². The first-order chi connectivity index (χ1) is 9.70. The van der Waals surface area contributed by atoms with Crippen molar-refractivity contribution in [3.05, 3.63) is 70.5 Å². The number of nitrogens with two attached hydrogens (primary N) is 1. The summed E-state index contributed by atoms with van der Waals surface area (Å²) in [5, 5.41) is 10.4. The van der Waals surface area contributed by atoms with Gasteiger partial charge in [0.25, 0.3) is 5.56 Å². The summed E-state index contributed by atoms with van der Waals surface area (Å²) in [4.78, 5) is 12.5. The van der Waals surface area contributed by atoms with Crippen LogP contribution in [0.1, 0.15) is 5.56 Å². The lowest BCUT2D eigenvalue weighted by molar-refractivity contribution is 1.02. The van der Waals surface area contributed by atoms with Crippen molar-refractivity contribution in [1.82, 2.24) is 4.57 Å². The summed E-state index contributed by atoms with van der Waals surface area (Å²) in [6, 6.07) is 17.9. The Morgan fingerprint density at radius 3 is 2.65 bits per heavy atom. The quantitative estimate of drug-likeness (QED) is 0.731. The molecule has 4 heteroatoms. The van der Waals surface area contributed by atoms with E-state index in [0.717, 1.165) is 5.39 Å². The maximum absolute atomic E-state index is 12.5. The Bertz CT molecular complexity index is 903. The van der Waals surface area contributed by atoms with Crippen molar-refractivity contribution in [2.24, 2.45) is 0 Å². The number of fused-ring (bicyclic) bond motifs is 1. The van der Waals surface area contributed by atoms with Gasteiger partial charge in [-0.15, -0.1) is 0 Å². The molecule has 0 atom stereocenters. The molecular formula is C16H11N3O. The highest BCUT2D eigenvalue weighted by molar-refractivity contribution is 5.84. The number of nitrogens with zero attached hydrogens (tertiary/aromatic N) is 2. The normalized spacial score (nSPS) is 10.3. The molecule has 0 spiro atoms. The minimum absolute atomic E-state index is 0.185. The first-order valence-corrected chi connectivity index (χ1v) is 6.11. The van der Waals surface area contributed by atoms with Crippen LogP contribution in [0.3, 0.4) is 0 Å². The van der Waals surface area contributed by atoms with Crippen LogP contribution in [0.15, 0.2) is 59.4 Å². The van der Waals surface area contributed by atoms with Gasteiger partial charge in [-0.1, -0.05) is 24.3 Å². The van der Waals surface area contributed by atoms with Crippen LogP contribution in [0.4, 0.5) is 5.82 Å². The Morgan fingerprint density at radius 1 is 1.05 bits per heavy atom. The smallest absolute Gasteiger partial charge is 0.264 e. The van der Waals surface area contributed by atoms with E-state index in [2.05, 4.69) is 6.07 Å². The van der Waals surface area contributed by atoms with Gasteiger partial charge < -0.3 is 5.73 Å². The van der Waals surface area contributed by atoms with E-state index in [1.807, 2.05) is 18.2 Å². The average molecular weight is 261 g/mol. The van der Waals surface area contributed by atoms with Crippen LogP contribution in [0.5, 0.6) is 0 Å². The van der Waals surface area contributed by atoms with E-state index in [4.69, 9.17) is 11.0 Å². The molecule has 0 bridgehead atoms. The second-order valence-corrected chi connectivity index (χ2v) is 4.46. The van der Waals surface area contributed by atoms with E-state index < -0.39 is 0 Å². The minimum Gasteiger partial charge on any atom is -0.385 e. The number of nitriles is 1. The zero-order chi connectivity index (χ0) is 14.1. The standard InChI is InChI=1S/C16H11N3O/c17-10-11-4-3-6-13(8-11)19-15(18)9-12-5-1-2-7-14(12)16(19)20/h1-9H,18H2. The molecule has 4 nitrogen and oxygen atoms in total. The average Bonchev–Trinajstić information content (AvgIpc) is 2.47. The summed E-state index contributed by atoms with van der Waals surface area (Å²) in [6.07, 6.45) is 0. The molecule has 0 amide bonds. The van der Waals surface area contributed by atoms with Crippen LogP contribution in [0, 0.1) is 11.3 Å². The molecule has 0 radical (unpaired) electrons. The van der Waals surface area contributed by atoms with Crippen LogP contribution in [0.2, 0.25) is 0 Å². The largest absolute Gasteiger partial charge is 0.385 e. The van der Waals surface area contributed by atoms with Gasteiger partial charge in [-0.3, -0.25) is 9.36 Å². The molecule has 0 aliphatic carbocycles. The molecule has 1 heterocycles. The van der Waals surface area contributed by atoms with Crippen LogP contribution in [-0.2, 0) is 0 Å². The van der Waals surface area contributed by atoms with Gasteiger partial charge in [0.15, 0.2) is 0 Å². The summed E-state index contributed by atoms with van der Waals surface area (Å²) in [7, 11) is 0. The Balaban J connectivity index is 2.36. The number of anilines is 1. The minimum atomic E-state index is -0.185. The van der Waals surface area contributed by atoms with E-state index >= 15 is 0 Å². The highest BCUT2D eigenvalue weighted by Gasteiger charge is 2.09. The number of nitrogen functional groups attached to an aromatic ring is 1. The van der Waals surface area contributed by atoms with Crippen LogP contribution < -0.4 is 11.3 Å². The van der Waals surface area contributed by atoms with Gasteiger partial charge in [-0.25, -0.2) is 0 Å². The molecule has 2 aromatic carbocycles. The Kier molecular flexibility index (Phi) is 2.73. The maximum Gasteiger partial charge on any atom is 0.264 e. The predicted molar refractivity (Wildman–Crippen MR) is 78.7 cm³/mol. The second kappa shape index (κ2) is 4.56. The third-order valence-electron chi connectivity index (χ3n) is 3.19. The highest BCUT2D eigenvalue weighted by Crippen LogP contribution is 2.17. The van der Waals surface area contributed by atoms with Crippen molar-refractivity contribution in [1.29, 1.82) is 5.26 Å². The number of hydrogen-bond acceptors (Lipinski definition) is 3. The van der Waals surface area contributed by atoms with Crippen LogP contribution in [0.25, 0.3) is 16.5 Å². The molecule has 96 valence electrons. The fourth-order valence-corrected chi connectivity index (χ4v) is 2.26. The van der Waals surface area contributed by atoms with Crippen molar-refractivity contribution < 1.29 is 0 Å². The zero-order valence-electron chi connectivity index (χ0n) is 10.6. The summed E-state index contributed by atoms with van der Waals surface area (Å²) < 4.78 is 1.42. The van der Waals surface area contributed by atoms with Gasteiger partial charge in [-0.2, -0.15) is 5.26 Å². The molecule has 0 aliphatic rings. The first-order valence-electron chi connectivity index (χ1n) is 6.11. The van der Waals surface area contributed by atoms with Gasteiger partial charge in [0.05, 0.1) is 17.3 Å². The highest BCUT2D eigenvalue weighted by atomic mass is 16.1. The van der Waals surface area contributed by atoms with E-state index in [1.54, 1.807) is 36.4 Å². The van der Waals surface area contributed by atoms with Gasteiger partial charge in [0.2, 0.25) is 0 Å². The molecule has 0 saturated carbocycles. The van der Waals surface area contributed by atoms with Crippen molar-refractivity contribution in [2.75, 3.05) is 5.73 Å². The van der Waals surface area contributed by atoms with Gasteiger partial charge in [0.1, 0.15) is 5.82 Å². The van der Waals surface area contributed by atoms with Crippen LogP contribution >= 0.6 is 0 Å².